The standard InChI is InChI=1S/C25H30N4O4S2/c1-3-32-19-7-5-4-6-16(19)8-11-21(30)29-24-23(26)18-10-9-17(12-20(18)35-24)33-25(31)27-13-22-28-15(2)14-34-22/h4-7,14,17H,3,8-13,26H2,1-2H3,(H,27,31)(H,29,30). The average molecular weight is 515 g/mol. The van der Waals surface area contributed by atoms with Gasteiger partial charge in [0.05, 0.1) is 18.8 Å². The average Bonchev–Trinajstić information content (AvgIpc) is 3.39. The molecule has 0 radical (unpaired) electrons. The summed E-state index contributed by atoms with van der Waals surface area (Å²) in [6.45, 7) is 4.80. The van der Waals surface area contributed by atoms with E-state index in [2.05, 4.69) is 15.6 Å². The summed E-state index contributed by atoms with van der Waals surface area (Å²) in [6.07, 6.45) is 2.23. The van der Waals surface area contributed by atoms with Crippen LogP contribution in [0.1, 0.15) is 46.5 Å². The van der Waals surface area contributed by atoms with Gasteiger partial charge in [-0.25, -0.2) is 9.78 Å². The highest BCUT2D eigenvalue weighted by molar-refractivity contribution is 7.17. The minimum Gasteiger partial charge on any atom is -0.494 e. The fourth-order valence-electron chi connectivity index (χ4n) is 4.04. The van der Waals surface area contributed by atoms with E-state index in [0.717, 1.165) is 32.5 Å². The van der Waals surface area contributed by atoms with Crippen LogP contribution in [-0.2, 0) is 35.3 Å². The molecule has 2 aromatic heterocycles. The lowest BCUT2D eigenvalue weighted by Crippen LogP contribution is -2.31. The summed E-state index contributed by atoms with van der Waals surface area (Å²) in [5.41, 5.74) is 9.97. The number of aryl methyl sites for hydroxylation is 2. The number of carbonyl (C=O) groups is 2. The van der Waals surface area contributed by atoms with Crippen LogP contribution < -0.4 is 21.1 Å². The van der Waals surface area contributed by atoms with E-state index in [1.807, 2.05) is 43.5 Å². The molecular weight excluding hydrogens is 484 g/mol. The molecule has 1 aliphatic rings. The summed E-state index contributed by atoms with van der Waals surface area (Å²) in [7, 11) is 0. The number of hydrogen-bond acceptors (Lipinski definition) is 8. The van der Waals surface area contributed by atoms with Crippen molar-refractivity contribution in [3.8, 4) is 5.75 Å². The van der Waals surface area contributed by atoms with Crippen molar-refractivity contribution < 1.29 is 19.1 Å². The van der Waals surface area contributed by atoms with Crippen molar-refractivity contribution in [2.24, 2.45) is 0 Å². The molecule has 0 aliphatic heterocycles. The zero-order chi connectivity index (χ0) is 24.8. The van der Waals surface area contributed by atoms with Crippen LogP contribution in [-0.4, -0.2) is 29.7 Å². The summed E-state index contributed by atoms with van der Waals surface area (Å²) in [5, 5.41) is 9.20. The third-order valence-electron chi connectivity index (χ3n) is 5.73. The first kappa shape index (κ1) is 25.0. The number of anilines is 2. The number of rotatable bonds is 9. The Morgan fingerprint density at radius 1 is 1.29 bits per heavy atom. The van der Waals surface area contributed by atoms with Crippen molar-refractivity contribution in [1.82, 2.24) is 10.3 Å². The number of nitrogen functional groups attached to an aromatic ring is 1. The molecule has 0 spiro atoms. The molecule has 0 saturated carbocycles. The number of amides is 2. The fraction of sp³-hybridized carbons (Fsp3) is 0.400. The second-order valence-corrected chi connectivity index (χ2v) is 10.4. The molecule has 1 aliphatic carbocycles. The van der Waals surface area contributed by atoms with Crippen molar-refractivity contribution in [2.45, 2.75) is 58.6 Å². The van der Waals surface area contributed by atoms with Crippen molar-refractivity contribution in [2.75, 3.05) is 17.7 Å². The molecule has 4 N–H and O–H groups in total. The second-order valence-electron chi connectivity index (χ2n) is 8.34. The zero-order valence-electron chi connectivity index (χ0n) is 19.9. The van der Waals surface area contributed by atoms with E-state index in [-0.39, 0.29) is 12.0 Å². The third kappa shape index (κ3) is 6.52. The molecule has 2 amide bonds. The summed E-state index contributed by atoms with van der Waals surface area (Å²) >= 11 is 2.97. The van der Waals surface area contributed by atoms with Gasteiger partial charge in [0.15, 0.2) is 0 Å². The number of thiophene rings is 1. The van der Waals surface area contributed by atoms with Crippen molar-refractivity contribution >= 4 is 45.4 Å². The topological polar surface area (TPSA) is 116 Å². The first-order chi connectivity index (χ1) is 16.9. The van der Waals surface area contributed by atoms with Gasteiger partial charge in [0.2, 0.25) is 5.91 Å². The molecule has 1 unspecified atom stereocenters. The number of ether oxygens (including phenoxy) is 2. The van der Waals surface area contributed by atoms with Crippen LogP contribution in [0.25, 0.3) is 0 Å². The number of para-hydroxylation sites is 1. The number of benzene rings is 1. The summed E-state index contributed by atoms with van der Waals surface area (Å²) in [5.74, 6) is 0.719. The van der Waals surface area contributed by atoms with Crippen molar-refractivity contribution in [1.29, 1.82) is 0 Å². The minimum absolute atomic E-state index is 0.0915. The van der Waals surface area contributed by atoms with Gasteiger partial charge >= 0.3 is 6.09 Å². The number of nitrogens with two attached hydrogens (primary N) is 1. The van der Waals surface area contributed by atoms with Gasteiger partial charge in [0.25, 0.3) is 0 Å². The first-order valence-corrected chi connectivity index (χ1v) is 13.4. The maximum Gasteiger partial charge on any atom is 0.407 e. The highest BCUT2D eigenvalue weighted by atomic mass is 32.1. The van der Waals surface area contributed by atoms with Gasteiger partial charge in [-0.2, -0.15) is 0 Å². The minimum atomic E-state index is -0.448. The van der Waals surface area contributed by atoms with Crippen LogP contribution in [0, 0.1) is 6.92 Å². The van der Waals surface area contributed by atoms with Gasteiger partial charge in [-0.05, 0) is 50.3 Å². The van der Waals surface area contributed by atoms with E-state index in [0.29, 0.717) is 55.9 Å². The Bertz CT molecular complexity index is 1190. The second kappa shape index (κ2) is 11.5. The van der Waals surface area contributed by atoms with Gasteiger partial charge in [-0.3, -0.25) is 4.79 Å². The van der Waals surface area contributed by atoms with Crippen LogP contribution in [0.5, 0.6) is 5.75 Å². The predicted octanol–water partition coefficient (Wildman–Crippen LogP) is 4.85. The molecule has 1 atom stereocenters. The number of carbonyl (C=O) groups excluding carboxylic acids is 2. The predicted molar refractivity (Wildman–Crippen MR) is 139 cm³/mol. The molecule has 8 nitrogen and oxygen atoms in total. The summed E-state index contributed by atoms with van der Waals surface area (Å²) < 4.78 is 11.3. The number of fused-ring (bicyclic) bond motifs is 1. The van der Waals surface area contributed by atoms with Crippen molar-refractivity contribution in [3.05, 3.63) is 56.4 Å². The number of alkyl carbamates (subject to hydrolysis) is 1. The molecule has 0 saturated heterocycles. The molecule has 4 rings (SSSR count). The molecule has 1 aromatic carbocycles. The highest BCUT2D eigenvalue weighted by Crippen LogP contribution is 2.40. The van der Waals surface area contributed by atoms with Gasteiger partial charge in [-0.15, -0.1) is 22.7 Å². The Morgan fingerprint density at radius 2 is 2.11 bits per heavy atom. The summed E-state index contributed by atoms with van der Waals surface area (Å²) in [4.78, 5) is 30.3. The zero-order valence-corrected chi connectivity index (χ0v) is 21.5. The van der Waals surface area contributed by atoms with Gasteiger partial charge in [-0.1, -0.05) is 18.2 Å². The lowest BCUT2D eigenvalue weighted by Gasteiger charge is -2.22. The normalized spacial score (nSPS) is 14.7. The Labute approximate surface area is 212 Å². The van der Waals surface area contributed by atoms with Crippen LogP contribution >= 0.6 is 22.7 Å². The van der Waals surface area contributed by atoms with Gasteiger partial charge in [0.1, 0.15) is 21.9 Å². The fourth-order valence-corrected chi connectivity index (χ4v) is 6.00. The van der Waals surface area contributed by atoms with E-state index in [9.17, 15) is 9.59 Å². The Balaban J connectivity index is 1.29. The van der Waals surface area contributed by atoms with E-state index in [1.54, 1.807) is 0 Å². The molecular formula is C25H30N4O4S2. The van der Waals surface area contributed by atoms with Gasteiger partial charge in [0, 0.05) is 28.8 Å². The maximum atomic E-state index is 12.6. The number of hydrogen-bond donors (Lipinski definition) is 3. The molecule has 186 valence electrons. The monoisotopic (exact) mass is 514 g/mol. The number of aromatic nitrogens is 1. The van der Waals surface area contributed by atoms with Crippen LogP contribution in [0.15, 0.2) is 29.6 Å². The first-order valence-electron chi connectivity index (χ1n) is 11.7. The molecule has 35 heavy (non-hydrogen) atoms. The molecule has 0 fully saturated rings. The quantitative estimate of drug-likeness (QED) is 0.376. The lowest BCUT2D eigenvalue weighted by atomic mass is 9.95. The number of thiazole rings is 1. The smallest absolute Gasteiger partial charge is 0.407 e. The van der Waals surface area contributed by atoms with E-state index in [1.165, 1.54) is 22.7 Å². The van der Waals surface area contributed by atoms with Gasteiger partial charge < -0.3 is 25.8 Å². The largest absolute Gasteiger partial charge is 0.494 e. The molecule has 2 heterocycles. The molecule has 10 heteroatoms. The van der Waals surface area contributed by atoms with E-state index >= 15 is 0 Å². The van der Waals surface area contributed by atoms with Crippen LogP contribution in [0.4, 0.5) is 15.5 Å². The number of nitrogens with zero attached hydrogens (tertiary/aromatic N) is 1. The lowest BCUT2D eigenvalue weighted by molar-refractivity contribution is -0.116. The number of nitrogens with one attached hydrogen (secondary N) is 2. The van der Waals surface area contributed by atoms with Crippen molar-refractivity contribution in [3.63, 3.8) is 0 Å². The Morgan fingerprint density at radius 3 is 2.89 bits per heavy atom. The highest BCUT2D eigenvalue weighted by Gasteiger charge is 2.27. The van der Waals surface area contributed by atoms with E-state index < -0.39 is 6.09 Å². The third-order valence-corrected chi connectivity index (χ3v) is 7.88. The SMILES string of the molecule is CCOc1ccccc1CCC(=O)Nc1sc2c(c1N)CCC(OC(=O)NCc1nc(C)cs1)C2. The van der Waals surface area contributed by atoms with Crippen LogP contribution in [0.3, 0.4) is 0 Å². The Hall–Kier alpha value is -3.11. The molecule has 3 aromatic rings. The summed E-state index contributed by atoms with van der Waals surface area (Å²) in [6, 6.07) is 7.76. The maximum absolute atomic E-state index is 12.6. The Kier molecular flexibility index (Phi) is 8.25. The van der Waals surface area contributed by atoms with E-state index in [4.69, 9.17) is 15.2 Å². The van der Waals surface area contributed by atoms with Crippen LogP contribution in [0.2, 0.25) is 0 Å². The molecule has 0 bridgehead atoms.